The maximum Gasteiger partial charge on any atom is 0.260 e. The Hall–Kier alpha value is -2.05. The molecule has 2 heterocycles. The first-order valence-corrected chi connectivity index (χ1v) is 8.35. The molecule has 23 heavy (non-hydrogen) atoms. The summed E-state index contributed by atoms with van der Waals surface area (Å²) in [7, 11) is 0. The number of ether oxygens (including phenoxy) is 1. The highest BCUT2D eigenvalue weighted by molar-refractivity contribution is 7.10. The fraction of sp³-hybridized carbons (Fsp3) is 0.250. The van der Waals surface area contributed by atoms with Gasteiger partial charge in [-0.2, -0.15) is 0 Å². The molecule has 0 aliphatic carbocycles. The van der Waals surface area contributed by atoms with Crippen molar-refractivity contribution in [2.24, 2.45) is 5.73 Å². The topological polar surface area (TPSA) is 72.6 Å². The lowest BCUT2D eigenvalue weighted by molar-refractivity contribution is -0.134. The van der Waals surface area contributed by atoms with Crippen molar-refractivity contribution in [2.75, 3.05) is 13.2 Å². The van der Waals surface area contributed by atoms with E-state index in [9.17, 15) is 9.59 Å². The Morgan fingerprint density at radius 2 is 2.17 bits per heavy atom. The van der Waals surface area contributed by atoms with Crippen molar-refractivity contribution >= 4 is 34.8 Å². The summed E-state index contributed by atoms with van der Waals surface area (Å²) in [6, 6.07) is 6.61. The van der Waals surface area contributed by atoms with Gasteiger partial charge in [0, 0.05) is 23.0 Å². The van der Waals surface area contributed by atoms with Crippen molar-refractivity contribution < 1.29 is 14.3 Å². The number of halogens is 1. The molecule has 0 saturated heterocycles. The number of carbonyl (C=O) groups excluding carboxylic acids is 2. The Bertz CT molecular complexity index is 760. The largest absolute Gasteiger partial charge is 0.483 e. The van der Waals surface area contributed by atoms with Gasteiger partial charge in [-0.1, -0.05) is 11.6 Å². The molecule has 0 bridgehead atoms. The fourth-order valence-electron chi connectivity index (χ4n) is 2.51. The molecule has 0 spiro atoms. The van der Waals surface area contributed by atoms with Gasteiger partial charge in [-0.15, -0.1) is 11.3 Å². The van der Waals surface area contributed by atoms with Crippen LogP contribution in [0.15, 0.2) is 29.6 Å². The predicted octanol–water partition coefficient (Wildman–Crippen LogP) is 2.46. The van der Waals surface area contributed by atoms with E-state index in [1.807, 2.05) is 11.4 Å². The highest BCUT2D eigenvalue weighted by Crippen LogP contribution is 2.25. The molecule has 120 valence electrons. The molecule has 1 aromatic heterocycles. The number of hydrogen-bond acceptors (Lipinski definition) is 4. The molecule has 1 aromatic carbocycles. The van der Waals surface area contributed by atoms with E-state index in [-0.39, 0.29) is 23.8 Å². The molecule has 3 rings (SSSR count). The normalized spacial score (nSPS) is 13.5. The molecule has 5 nitrogen and oxygen atoms in total. The van der Waals surface area contributed by atoms with Crippen LogP contribution in [-0.4, -0.2) is 29.9 Å². The summed E-state index contributed by atoms with van der Waals surface area (Å²) in [6.07, 6.45) is 0.867. The summed E-state index contributed by atoms with van der Waals surface area (Å²) in [4.78, 5) is 26.8. The Labute approximate surface area is 142 Å². The van der Waals surface area contributed by atoms with E-state index in [0.717, 1.165) is 6.42 Å². The standard InChI is InChI=1S/C16H15ClN2O3S/c17-11-1-2-13(12(7-11)16(18)21)22-9-15(20)19-5-3-14-10(8-19)4-6-23-14/h1-2,4,6-7H,3,5,8-9H2,(H2,18,21). The van der Waals surface area contributed by atoms with Crippen molar-refractivity contribution in [1.29, 1.82) is 0 Å². The third-order valence-electron chi connectivity index (χ3n) is 3.72. The molecule has 0 saturated carbocycles. The Kier molecular flexibility index (Phi) is 4.54. The van der Waals surface area contributed by atoms with Crippen LogP contribution in [0.1, 0.15) is 20.8 Å². The summed E-state index contributed by atoms with van der Waals surface area (Å²) in [5.41, 5.74) is 6.67. The van der Waals surface area contributed by atoms with Gasteiger partial charge in [0.15, 0.2) is 6.61 Å². The average molecular weight is 351 g/mol. The molecule has 1 aliphatic rings. The van der Waals surface area contributed by atoms with Crippen molar-refractivity contribution in [3.63, 3.8) is 0 Å². The van der Waals surface area contributed by atoms with E-state index in [0.29, 0.717) is 18.1 Å². The number of primary amides is 1. The number of amides is 2. The van der Waals surface area contributed by atoms with Gasteiger partial charge in [-0.05, 0) is 41.6 Å². The van der Waals surface area contributed by atoms with Crippen LogP contribution in [-0.2, 0) is 17.8 Å². The zero-order chi connectivity index (χ0) is 16.4. The maximum absolute atomic E-state index is 12.3. The smallest absolute Gasteiger partial charge is 0.260 e. The minimum atomic E-state index is -0.643. The first-order chi connectivity index (χ1) is 11.0. The van der Waals surface area contributed by atoms with Crippen LogP contribution < -0.4 is 10.5 Å². The molecule has 2 amide bonds. The molecule has 2 aromatic rings. The lowest BCUT2D eigenvalue weighted by Gasteiger charge is -2.27. The molecular formula is C16H15ClN2O3S. The monoisotopic (exact) mass is 350 g/mol. The SMILES string of the molecule is NC(=O)c1cc(Cl)ccc1OCC(=O)N1CCc2sccc2C1. The molecule has 0 unspecified atom stereocenters. The highest BCUT2D eigenvalue weighted by Gasteiger charge is 2.22. The van der Waals surface area contributed by atoms with E-state index in [1.54, 1.807) is 28.4 Å². The van der Waals surface area contributed by atoms with E-state index in [4.69, 9.17) is 22.1 Å². The number of carbonyl (C=O) groups is 2. The van der Waals surface area contributed by atoms with Crippen molar-refractivity contribution in [3.8, 4) is 5.75 Å². The number of fused-ring (bicyclic) bond motifs is 1. The summed E-state index contributed by atoms with van der Waals surface area (Å²) in [5.74, 6) is -0.494. The Morgan fingerprint density at radius 3 is 2.96 bits per heavy atom. The lowest BCUT2D eigenvalue weighted by atomic mass is 10.1. The molecule has 0 fully saturated rings. The van der Waals surface area contributed by atoms with E-state index in [2.05, 4.69) is 0 Å². The third-order valence-corrected chi connectivity index (χ3v) is 4.98. The number of benzene rings is 1. The van der Waals surface area contributed by atoms with Gasteiger partial charge in [0.25, 0.3) is 11.8 Å². The minimum absolute atomic E-state index is 0.118. The number of nitrogens with zero attached hydrogens (tertiary/aromatic N) is 1. The van der Waals surface area contributed by atoms with Crippen LogP contribution in [0, 0.1) is 0 Å². The third kappa shape index (κ3) is 3.48. The lowest BCUT2D eigenvalue weighted by Crippen LogP contribution is -2.38. The molecule has 1 aliphatic heterocycles. The quantitative estimate of drug-likeness (QED) is 0.920. The molecular weight excluding hydrogens is 336 g/mol. The van der Waals surface area contributed by atoms with Gasteiger partial charge in [-0.25, -0.2) is 0 Å². The van der Waals surface area contributed by atoms with Gasteiger partial charge in [-0.3, -0.25) is 9.59 Å². The zero-order valence-corrected chi connectivity index (χ0v) is 13.8. The number of thiophene rings is 1. The van der Waals surface area contributed by atoms with Gasteiger partial charge in [0.1, 0.15) is 5.75 Å². The first-order valence-electron chi connectivity index (χ1n) is 7.10. The van der Waals surface area contributed by atoms with Crippen LogP contribution in [0.4, 0.5) is 0 Å². The molecule has 2 N–H and O–H groups in total. The summed E-state index contributed by atoms with van der Waals surface area (Å²) in [5, 5.41) is 2.43. The van der Waals surface area contributed by atoms with Gasteiger partial charge in [0.05, 0.1) is 5.56 Å². The Morgan fingerprint density at radius 1 is 1.35 bits per heavy atom. The van der Waals surface area contributed by atoms with Crippen molar-refractivity contribution in [3.05, 3.63) is 50.7 Å². The van der Waals surface area contributed by atoms with Crippen molar-refractivity contribution in [1.82, 2.24) is 4.90 Å². The van der Waals surface area contributed by atoms with Gasteiger partial charge < -0.3 is 15.4 Å². The average Bonchev–Trinajstić information content (AvgIpc) is 3.00. The summed E-state index contributed by atoms with van der Waals surface area (Å²) in [6.45, 7) is 1.14. The summed E-state index contributed by atoms with van der Waals surface area (Å²) < 4.78 is 5.49. The molecule has 0 atom stereocenters. The number of hydrogen-bond donors (Lipinski definition) is 1. The van der Waals surface area contributed by atoms with E-state index in [1.165, 1.54) is 16.5 Å². The predicted molar refractivity (Wildman–Crippen MR) is 88.9 cm³/mol. The highest BCUT2D eigenvalue weighted by atomic mass is 35.5. The minimum Gasteiger partial charge on any atom is -0.483 e. The van der Waals surface area contributed by atoms with Gasteiger partial charge in [0.2, 0.25) is 0 Å². The second-order valence-electron chi connectivity index (χ2n) is 5.23. The molecule has 7 heteroatoms. The van der Waals surface area contributed by atoms with Gasteiger partial charge >= 0.3 is 0 Å². The summed E-state index contributed by atoms with van der Waals surface area (Å²) >= 11 is 7.57. The maximum atomic E-state index is 12.3. The first kappa shape index (κ1) is 15.8. The fourth-order valence-corrected chi connectivity index (χ4v) is 3.57. The second kappa shape index (κ2) is 6.60. The zero-order valence-electron chi connectivity index (χ0n) is 12.3. The second-order valence-corrected chi connectivity index (χ2v) is 6.66. The van der Waals surface area contributed by atoms with E-state index < -0.39 is 5.91 Å². The molecule has 0 radical (unpaired) electrons. The Balaban J connectivity index is 1.65. The van der Waals surface area contributed by atoms with Crippen molar-refractivity contribution in [2.45, 2.75) is 13.0 Å². The van der Waals surface area contributed by atoms with Crippen LogP contribution in [0.25, 0.3) is 0 Å². The van der Waals surface area contributed by atoms with Crippen LogP contribution in [0.5, 0.6) is 5.75 Å². The van der Waals surface area contributed by atoms with E-state index >= 15 is 0 Å². The van der Waals surface area contributed by atoms with Crippen LogP contribution in [0.2, 0.25) is 5.02 Å². The number of nitrogens with two attached hydrogens (primary N) is 1. The van der Waals surface area contributed by atoms with Crippen LogP contribution >= 0.6 is 22.9 Å². The number of rotatable bonds is 4. The van der Waals surface area contributed by atoms with Crippen LogP contribution in [0.3, 0.4) is 0 Å².